The molecular weight excluding hydrogens is 775 g/mol. The van der Waals surface area contributed by atoms with Gasteiger partial charge in [-0.1, -0.05) is 218 Å². The molecule has 0 rings (SSSR count). The van der Waals surface area contributed by atoms with Gasteiger partial charge in [0.25, 0.3) is 0 Å². The lowest BCUT2D eigenvalue weighted by molar-refractivity contribution is -0.147. The van der Waals surface area contributed by atoms with Gasteiger partial charge in [0.2, 0.25) is 11.8 Å². The van der Waals surface area contributed by atoms with Gasteiger partial charge in [0, 0.05) is 31.7 Å². The van der Waals surface area contributed by atoms with E-state index in [4.69, 9.17) is 4.74 Å². The van der Waals surface area contributed by atoms with Crippen LogP contribution in [0.25, 0.3) is 0 Å². The van der Waals surface area contributed by atoms with Gasteiger partial charge in [-0.3, -0.25) is 19.3 Å². The highest BCUT2D eigenvalue weighted by Gasteiger charge is 2.23. The second-order valence-corrected chi connectivity index (χ2v) is 19.2. The van der Waals surface area contributed by atoms with Crippen LogP contribution in [0.15, 0.2) is 36.5 Å². The maximum Gasteiger partial charge on any atom is 0.305 e. The number of unbranched alkanes of at least 4 members (excludes halogenated alkanes) is 33. The minimum absolute atomic E-state index is 0.0585. The molecule has 0 aromatic rings. The van der Waals surface area contributed by atoms with E-state index in [1.54, 1.807) is 0 Å². The van der Waals surface area contributed by atoms with Crippen molar-refractivity contribution in [1.82, 2.24) is 4.90 Å². The number of rotatable bonds is 49. The smallest absolute Gasteiger partial charge is 0.305 e. The number of hydrogen-bond donors (Lipinski definition) is 0. The molecule has 0 aromatic heterocycles. The Bertz CT molecular complexity index is 1030. The first-order valence-electron chi connectivity index (χ1n) is 27.9. The summed E-state index contributed by atoms with van der Waals surface area (Å²) in [7, 11) is 0. The molecule has 63 heavy (non-hydrogen) atoms. The molecule has 0 aliphatic carbocycles. The molecule has 368 valence electrons. The Morgan fingerprint density at radius 1 is 0.365 bits per heavy atom. The highest BCUT2D eigenvalue weighted by molar-refractivity contribution is 5.95. The number of carbonyl (C=O) groups is 3. The van der Waals surface area contributed by atoms with Gasteiger partial charge in [-0.2, -0.15) is 0 Å². The van der Waals surface area contributed by atoms with Gasteiger partial charge in [-0.05, 0) is 96.3 Å². The Labute approximate surface area is 393 Å². The zero-order valence-electron chi connectivity index (χ0n) is 42.7. The number of esters is 1. The molecule has 1 atom stereocenters. The van der Waals surface area contributed by atoms with E-state index in [9.17, 15) is 14.4 Å². The second-order valence-electron chi connectivity index (χ2n) is 19.2. The molecule has 0 radical (unpaired) electrons. The molecule has 0 aliphatic heterocycles. The standard InChI is InChI=1S/C58H107NO4/c1-5-8-11-14-17-20-23-26-29-32-35-38-41-44-47-50-56(60)59(57(61)51-48-45-42-39-36-33-30-27-24-21-18-15-12-9-6-2)53-55(4)54-63-58(62)52-49-46-43-40-37-34-31-28-25-22-19-16-13-10-7-3/h26-31,55H,5-25,32-54H2,1-4H3. The van der Waals surface area contributed by atoms with Crippen molar-refractivity contribution in [3.8, 4) is 0 Å². The summed E-state index contributed by atoms with van der Waals surface area (Å²) in [6.45, 7) is 9.38. The first kappa shape index (κ1) is 60.8. The summed E-state index contributed by atoms with van der Waals surface area (Å²) in [5.74, 6) is -0.363. The quantitative estimate of drug-likeness (QED) is 0.0347. The van der Waals surface area contributed by atoms with Crippen LogP contribution in [0.4, 0.5) is 0 Å². The van der Waals surface area contributed by atoms with Gasteiger partial charge >= 0.3 is 5.97 Å². The second kappa shape index (κ2) is 50.8. The van der Waals surface area contributed by atoms with Crippen molar-refractivity contribution in [2.24, 2.45) is 5.92 Å². The lowest BCUT2D eigenvalue weighted by Gasteiger charge is -2.24. The minimum Gasteiger partial charge on any atom is -0.465 e. The van der Waals surface area contributed by atoms with Gasteiger partial charge in [-0.15, -0.1) is 0 Å². The Morgan fingerprint density at radius 2 is 0.619 bits per heavy atom. The van der Waals surface area contributed by atoms with E-state index in [2.05, 4.69) is 57.2 Å². The van der Waals surface area contributed by atoms with E-state index in [-0.39, 0.29) is 30.3 Å². The first-order valence-corrected chi connectivity index (χ1v) is 27.9. The van der Waals surface area contributed by atoms with E-state index in [1.807, 2.05) is 6.92 Å². The maximum absolute atomic E-state index is 13.5. The molecule has 5 nitrogen and oxygen atoms in total. The Kier molecular flexibility index (Phi) is 49.1. The third kappa shape index (κ3) is 46.2. The van der Waals surface area contributed by atoms with E-state index >= 15 is 0 Å². The van der Waals surface area contributed by atoms with Crippen molar-refractivity contribution < 1.29 is 19.1 Å². The fourth-order valence-corrected chi connectivity index (χ4v) is 8.32. The van der Waals surface area contributed by atoms with E-state index in [0.29, 0.717) is 25.8 Å². The van der Waals surface area contributed by atoms with Gasteiger partial charge in [0.05, 0.1) is 6.61 Å². The van der Waals surface area contributed by atoms with Crippen LogP contribution in [0, 0.1) is 5.92 Å². The van der Waals surface area contributed by atoms with Crippen molar-refractivity contribution >= 4 is 17.8 Å². The normalized spacial score (nSPS) is 12.3. The van der Waals surface area contributed by atoms with Crippen LogP contribution in [0.2, 0.25) is 0 Å². The minimum atomic E-state index is -0.162. The predicted molar refractivity (Wildman–Crippen MR) is 275 cm³/mol. The monoisotopic (exact) mass is 882 g/mol. The SMILES string of the molecule is CCCCCCCCC=CCCCCCCCC(=O)OCC(C)CN(C(=O)CCCCCCCC=CCCCCCCCC)C(=O)CCCCCCCC=CCCCCCCCC. The van der Waals surface area contributed by atoms with Crippen LogP contribution in [0.3, 0.4) is 0 Å². The molecule has 0 aromatic carbocycles. The summed E-state index contributed by atoms with van der Waals surface area (Å²) in [6.07, 6.45) is 63.1. The van der Waals surface area contributed by atoms with Crippen molar-refractivity contribution in [3.05, 3.63) is 36.5 Å². The number of nitrogens with zero attached hydrogens (tertiary/aromatic N) is 1. The molecule has 0 saturated carbocycles. The van der Waals surface area contributed by atoms with Gasteiger partial charge in [0.15, 0.2) is 0 Å². The highest BCUT2D eigenvalue weighted by Crippen LogP contribution is 2.16. The average molecular weight is 882 g/mol. The van der Waals surface area contributed by atoms with Crippen molar-refractivity contribution in [2.75, 3.05) is 13.2 Å². The fraction of sp³-hybridized carbons (Fsp3) is 0.845. The third-order valence-electron chi connectivity index (χ3n) is 12.6. The number of imide groups is 1. The lowest BCUT2D eigenvalue weighted by Crippen LogP contribution is -2.40. The van der Waals surface area contributed by atoms with Crippen LogP contribution in [-0.4, -0.2) is 35.8 Å². The largest absolute Gasteiger partial charge is 0.465 e. The van der Waals surface area contributed by atoms with E-state index < -0.39 is 0 Å². The van der Waals surface area contributed by atoms with Crippen molar-refractivity contribution in [2.45, 2.75) is 297 Å². The Hall–Kier alpha value is -2.17. The Morgan fingerprint density at radius 3 is 0.921 bits per heavy atom. The number of allylic oxidation sites excluding steroid dienone is 6. The van der Waals surface area contributed by atoms with Gasteiger partial charge in [0.1, 0.15) is 0 Å². The zero-order chi connectivity index (χ0) is 45.9. The van der Waals surface area contributed by atoms with Crippen LogP contribution >= 0.6 is 0 Å². The highest BCUT2D eigenvalue weighted by atomic mass is 16.5. The van der Waals surface area contributed by atoms with Gasteiger partial charge < -0.3 is 4.74 Å². The van der Waals surface area contributed by atoms with Crippen LogP contribution in [0.5, 0.6) is 0 Å². The molecule has 5 heteroatoms. The molecular formula is C58H107NO4. The van der Waals surface area contributed by atoms with Crippen molar-refractivity contribution in [3.63, 3.8) is 0 Å². The van der Waals surface area contributed by atoms with E-state index in [0.717, 1.165) is 77.0 Å². The summed E-state index contributed by atoms with van der Waals surface area (Å²) in [6, 6.07) is 0. The van der Waals surface area contributed by atoms with Crippen LogP contribution in [0.1, 0.15) is 297 Å². The topological polar surface area (TPSA) is 63.7 Å². The third-order valence-corrected chi connectivity index (χ3v) is 12.6. The molecule has 0 spiro atoms. The number of ether oxygens (including phenoxy) is 1. The molecule has 0 fully saturated rings. The summed E-state index contributed by atoms with van der Waals surface area (Å²) in [5.41, 5.74) is 0. The number of hydrogen-bond acceptors (Lipinski definition) is 4. The van der Waals surface area contributed by atoms with Crippen LogP contribution in [-0.2, 0) is 19.1 Å². The number of amides is 2. The predicted octanol–water partition coefficient (Wildman–Crippen LogP) is 18.6. The number of carbonyl (C=O) groups excluding carboxylic acids is 3. The molecule has 2 amide bonds. The first-order chi connectivity index (χ1) is 31.0. The van der Waals surface area contributed by atoms with Crippen molar-refractivity contribution in [1.29, 1.82) is 0 Å². The summed E-state index contributed by atoms with van der Waals surface area (Å²) in [5, 5.41) is 0. The molecule has 0 N–H and O–H groups in total. The molecule has 1 unspecified atom stereocenters. The molecule has 0 aliphatic rings. The molecule has 0 heterocycles. The summed E-state index contributed by atoms with van der Waals surface area (Å²) >= 11 is 0. The fourth-order valence-electron chi connectivity index (χ4n) is 8.32. The Balaban J connectivity index is 4.51. The van der Waals surface area contributed by atoms with Crippen LogP contribution < -0.4 is 0 Å². The summed E-state index contributed by atoms with van der Waals surface area (Å²) in [4.78, 5) is 41.1. The zero-order valence-corrected chi connectivity index (χ0v) is 42.7. The van der Waals surface area contributed by atoms with Gasteiger partial charge in [-0.25, -0.2) is 0 Å². The summed E-state index contributed by atoms with van der Waals surface area (Å²) < 4.78 is 5.66. The van der Waals surface area contributed by atoms with E-state index in [1.165, 1.54) is 178 Å². The molecule has 0 saturated heterocycles. The maximum atomic E-state index is 13.5. The molecule has 0 bridgehead atoms. The average Bonchev–Trinajstić information content (AvgIpc) is 3.28. The lowest BCUT2D eigenvalue weighted by atomic mass is 10.1.